The number of halogens is 1. The van der Waals surface area contributed by atoms with E-state index in [0.29, 0.717) is 34.5 Å². The Morgan fingerprint density at radius 3 is 2.79 bits per heavy atom. The quantitative estimate of drug-likeness (QED) is 0.721. The molecule has 1 aromatic heterocycles. The molecule has 3 rings (SSSR count). The van der Waals surface area contributed by atoms with Crippen molar-refractivity contribution in [3.63, 3.8) is 0 Å². The summed E-state index contributed by atoms with van der Waals surface area (Å²) in [6, 6.07) is 3.28. The highest BCUT2D eigenvalue weighted by Gasteiger charge is 2.24. The van der Waals surface area contributed by atoms with Crippen molar-refractivity contribution < 1.29 is 18.8 Å². The van der Waals surface area contributed by atoms with Gasteiger partial charge in [-0.1, -0.05) is 11.6 Å². The molecule has 0 unspecified atom stereocenters. The summed E-state index contributed by atoms with van der Waals surface area (Å²) >= 11 is 6.17. The first-order valence-electron chi connectivity index (χ1n) is 5.82. The van der Waals surface area contributed by atoms with Gasteiger partial charge in [0.05, 0.1) is 0 Å². The average molecular weight is 300 g/mol. The van der Waals surface area contributed by atoms with E-state index in [1.54, 1.807) is 12.1 Å². The molecule has 0 radical (unpaired) electrons. The Morgan fingerprint density at radius 1 is 1.37 bits per heavy atom. The van der Waals surface area contributed by atoms with Crippen molar-refractivity contribution in [3.8, 4) is 0 Å². The van der Waals surface area contributed by atoms with E-state index in [0.717, 1.165) is 12.1 Å². The van der Waals surface area contributed by atoms with Crippen LogP contribution < -0.4 is 15.3 Å². The van der Waals surface area contributed by atoms with Crippen molar-refractivity contribution in [2.45, 2.75) is 13.0 Å². The van der Waals surface area contributed by atoms with E-state index in [4.69, 9.17) is 16.0 Å². The minimum Gasteiger partial charge on any atom is -0.805 e. The number of likely N-dealkylation sites (N-methyl/N-ethyl adjacent to an activating group) is 1. The lowest BCUT2D eigenvalue weighted by Gasteiger charge is -2.28. The maximum atomic E-state index is 11.3. The molecule has 102 valence electrons. The predicted molar refractivity (Wildman–Crippen MR) is 68.5 cm³/mol. The van der Waals surface area contributed by atoms with Gasteiger partial charge in [0.25, 0.3) is 0 Å². The fraction of sp³-hybridized carbons (Fsp3) is 0.333. The molecule has 19 heavy (non-hydrogen) atoms. The highest BCUT2D eigenvalue weighted by molar-refractivity contribution is 7.57. The molecular weight excluding hydrogens is 289 g/mol. The normalized spacial score (nSPS) is 16.8. The Morgan fingerprint density at radius 2 is 2.11 bits per heavy atom. The Balaban J connectivity index is 2.40. The first-order valence-corrected chi connectivity index (χ1v) is 7.74. The van der Waals surface area contributed by atoms with E-state index in [9.17, 15) is 14.4 Å². The topological polar surface area (TPSA) is 79.6 Å². The zero-order chi connectivity index (χ0) is 13.8. The van der Waals surface area contributed by atoms with Gasteiger partial charge >= 0.3 is 0 Å². The van der Waals surface area contributed by atoms with Crippen molar-refractivity contribution in [1.29, 1.82) is 0 Å². The van der Waals surface area contributed by atoms with Gasteiger partial charge in [0.15, 0.2) is 0 Å². The van der Waals surface area contributed by atoms with Gasteiger partial charge < -0.3 is 23.7 Å². The second-order valence-corrected chi connectivity index (χ2v) is 6.58. The van der Waals surface area contributed by atoms with Crippen molar-refractivity contribution >= 4 is 35.7 Å². The smallest absolute Gasteiger partial charge is 0.139 e. The number of hydrogen-bond acceptors (Lipinski definition) is 5. The standard InChI is InChI=1S/C12H13ClNO4P/c1-14-5-4-7-9(13)2-3-10-11(7)8(6-14)12(18-10)19(15,16)17/h2-3H,4-6H2,1H3,(H2,15,16,17)/p-2. The molecule has 1 aromatic carbocycles. The average Bonchev–Trinajstić information content (AvgIpc) is 2.57. The van der Waals surface area contributed by atoms with Crippen LogP contribution in [0.1, 0.15) is 11.1 Å². The van der Waals surface area contributed by atoms with Gasteiger partial charge in [-0.3, -0.25) is 0 Å². The van der Waals surface area contributed by atoms with Crippen molar-refractivity contribution in [1.82, 2.24) is 4.90 Å². The molecule has 2 heterocycles. The summed E-state index contributed by atoms with van der Waals surface area (Å²) in [4.78, 5) is 24.6. The molecule has 7 heteroatoms. The van der Waals surface area contributed by atoms with Crippen LogP contribution in [0.2, 0.25) is 5.02 Å². The molecule has 0 amide bonds. The van der Waals surface area contributed by atoms with Crippen LogP contribution >= 0.6 is 19.2 Å². The number of nitrogens with zero attached hydrogens (tertiary/aromatic N) is 1. The number of benzene rings is 1. The lowest BCUT2D eigenvalue weighted by atomic mass is 10.1. The van der Waals surface area contributed by atoms with Gasteiger partial charge in [-0.05, 0) is 31.2 Å². The Labute approximate surface area is 114 Å². The highest BCUT2D eigenvalue weighted by atomic mass is 35.5. The fourth-order valence-corrected chi connectivity index (χ4v) is 3.53. The SMILES string of the molecule is CN1CCc2c(Cl)ccc3oc(P(=O)([O-])[O-])c(c23)C1. The third-order valence-electron chi connectivity index (χ3n) is 3.40. The maximum Gasteiger partial charge on any atom is 0.139 e. The molecular formula is C12H11ClNO4P-2. The van der Waals surface area contributed by atoms with E-state index in [1.807, 2.05) is 11.9 Å². The molecule has 1 aliphatic rings. The zero-order valence-corrected chi connectivity index (χ0v) is 11.8. The zero-order valence-electron chi connectivity index (χ0n) is 10.2. The number of furan rings is 1. The molecule has 0 N–H and O–H groups in total. The van der Waals surface area contributed by atoms with Crippen molar-refractivity contribution in [2.24, 2.45) is 0 Å². The minimum atomic E-state index is -4.93. The van der Waals surface area contributed by atoms with Crippen LogP contribution in [0.25, 0.3) is 11.0 Å². The summed E-state index contributed by atoms with van der Waals surface area (Å²) in [6.45, 7) is 1.11. The Kier molecular flexibility index (Phi) is 3.00. The molecule has 0 bridgehead atoms. The third kappa shape index (κ3) is 2.12. The summed E-state index contributed by atoms with van der Waals surface area (Å²) in [5.41, 5.74) is 1.23. The third-order valence-corrected chi connectivity index (χ3v) is 4.62. The largest absolute Gasteiger partial charge is 0.805 e. The van der Waals surface area contributed by atoms with E-state index in [2.05, 4.69) is 0 Å². The lowest BCUT2D eigenvalue weighted by Crippen LogP contribution is -2.28. The van der Waals surface area contributed by atoms with Gasteiger partial charge in [-0.15, -0.1) is 0 Å². The van der Waals surface area contributed by atoms with Crippen molar-refractivity contribution in [2.75, 3.05) is 13.6 Å². The summed E-state index contributed by atoms with van der Waals surface area (Å²) in [7, 11) is -3.06. The molecule has 0 fully saturated rings. The van der Waals surface area contributed by atoms with Crippen LogP contribution in [-0.4, -0.2) is 18.5 Å². The van der Waals surface area contributed by atoms with Crippen LogP contribution in [0, 0.1) is 0 Å². The number of rotatable bonds is 1. The van der Waals surface area contributed by atoms with Crippen LogP contribution in [0.3, 0.4) is 0 Å². The van der Waals surface area contributed by atoms with E-state index >= 15 is 0 Å². The van der Waals surface area contributed by atoms with E-state index < -0.39 is 13.1 Å². The summed E-state index contributed by atoms with van der Waals surface area (Å²) in [5, 5.41) is 1.25. The molecule has 0 atom stereocenters. The van der Waals surface area contributed by atoms with Crippen LogP contribution in [0.5, 0.6) is 0 Å². The first-order chi connectivity index (χ1) is 8.88. The minimum absolute atomic E-state index is 0.365. The van der Waals surface area contributed by atoms with Gasteiger partial charge in [0, 0.05) is 36.7 Å². The van der Waals surface area contributed by atoms with Crippen LogP contribution in [0.15, 0.2) is 16.5 Å². The van der Waals surface area contributed by atoms with Crippen LogP contribution in [-0.2, 0) is 17.5 Å². The molecule has 0 spiro atoms. The fourth-order valence-electron chi connectivity index (χ4n) is 2.55. The molecule has 2 aromatic rings. The predicted octanol–water partition coefficient (Wildman–Crippen LogP) is 0.613. The molecule has 5 nitrogen and oxygen atoms in total. The molecule has 0 saturated heterocycles. The summed E-state index contributed by atoms with van der Waals surface area (Å²) in [5.74, 6) is 0. The first kappa shape index (κ1) is 13.2. The van der Waals surface area contributed by atoms with Gasteiger partial charge in [0.2, 0.25) is 0 Å². The second kappa shape index (κ2) is 4.33. The lowest BCUT2D eigenvalue weighted by molar-refractivity contribution is -0.309. The summed E-state index contributed by atoms with van der Waals surface area (Å²) in [6.07, 6.45) is 0.695. The summed E-state index contributed by atoms with van der Waals surface area (Å²) < 4.78 is 16.6. The maximum absolute atomic E-state index is 11.3. The van der Waals surface area contributed by atoms with Crippen LogP contribution in [0.4, 0.5) is 0 Å². The Bertz CT molecular complexity index is 705. The number of hydrogen-bond donors (Lipinski definition) is 0. The van der Waals surface area contributed by atoms with Gasteiger partial charge in [-0.2, -0.15) is 0 Å². The molecule has 0 aliphatic carbocycles. The van der Waals surface area contributed by atoms with Gasteiger partial charge in [-0.25, -0.2) is 0 Å². The monoisotopic (exact) mass is 299 g/mol. The van der Waals surface area contributed by atoms with Crippen molar-refractivity contribution in [3.05, 3.63) is 28.3 Å². The second-order valence-electron chi connectivity index (χ2n) is 4.77. The Hall–Kier alpha value is -0.840. The van der Waals surface area contributed by atoms with Gasteiger partial charge in [0.1, 0.15) is 11.1 Å². The van der Waals surface area contributed by atoms with E-state index in [-0.39, 0.29) is 0 Å². The molecule has 1 aliphatic heterocycles. The molecule has 0 saturated carbocycles. The highest BCUT2D eigenvalue weighted by Crippen LogP contribution is 2.37. The van der Waals surface area contributed by atoms with E-state index in [1.165, 1.54) is 0 Å².